The Hall–Kier alpha value is -2.20. The van der Waals surface area contributed by atoms with Crippen LogP contribution in [0.2, 0.25) is 5.02 Å². The van der Waals surface area contributed by atoms with Gasteiger partial charge in [-0.05, 0) is 49.7 Å². The molecular formula is C18H20ClNO3. The molecule has 0 spiro atoms. The standard InChI is InChI=1S/C18H20ClNO3/c1-3-16(23-17-8-6-5-7-15(17)19)18(21)20-13-9-11-14(12-10-13)22-4-2/h5-12,16H,3-4H2,1-2H3,(H,20,21)/t16-/m0/s1. The Bertz CT molecular complexity index is 643. The highest BCUT2D eigenvalue weighted by Crippen LogP contribution is 2.25. The number of anilines is 1. The van der Waals surface area contributed by atoms with Gasteiger partial charge in [0.05, 0.1) is 11.6 Å². The van der Waals surface area contributed by atoms with E-state index in [4.69, 9.17) is 21.1 Å². The van der Waals surface area contributed by atoms with E-state index < -0.39 is 6.10 Å². The molecule has 0 aliphatic rings. The number of ether oxygens (including phenoxy) is 2. The maximum Gasteiger partial charge on any atom is 0.265 e. The van der Waals surface area contributed by atoms with Crippen LogP contribution in [0.4, 0.5) is 5.69 Å². The van der Waals surface area contributed by atoms with Gasteiger partial charge < -0.3 is 14.8 Å². The molecule has 0 saturated heterocycles. The summed E-state index contributed by atoms with van der Waals surface area (Å²) in [6.07, 6.45) is -0.0740. The molecule has 0 saturated carbocycles. The largest absolute Gasteiger partial charge is 0.494 e. The SMILES string of the molecule is CCOc1ccc(NC(=O)[C@H](CC)Oc2ccccc2Cl)cc1. The zero-order chi connectivity index (χ0) is 16.7. The van der Waals surface area contributed by atoms with Crippen molar-refractivity contribution in [2.75, 3.05) is 11.9 Å². The minimum atomic E-state index is -0.610. The molecule has 2 rings (SSSR count). The minimum Gasteiger partial charge on any atom is -0.494 e. The summed E-state index contributed by atoms with van der Waals surface area (Å²) >= 11 is 6.07. The molecule has 1 atom stereocenters. The van der Waals surface area contributed by atoms with Crippen LogP contribution in [0.25, 0.3) is 0 Å². The van der Waals surface area contributed by atoms with Gasteiger partial charge in [0.25, 0.3) is 5.91 Å². The lowest BCUT2D eigenvalue weighted by Crippen LogP contribution is -2.32. The fourth-order valence-corrected chi connectivity index (χ4v) is 2.22. The van der Waals surface area contributed by atoms with Crippen molar-refractivity contribution >= 4 is 23.2 Å². The number of carbonyl (C=O) groups excluding carboxylic acids is 1. The molecule has 2 aromatic rings. The van der Waals surface area contributed by atoms with Crippen LogP contribution in [0.15, 0.2) is 48.5 Å². The Morgan fingerprint density at radius 1 is 1.13 bits per heavy atom. The lowest BCUT2D eigenvalue weighted by Gasteiger charge is -2.18. The molecule has 2 aromatic carbocycles. The van der Waals surface area contributed by atoms with E-state index in [2.05, 4.69) is 5.32 Å². The van der Waals surface area contributed by atoms with Gasteiger partial charge in [-0.15, -0.1) is 0 Å². The summed E-state index contributed by atoms with van der Waals surface area (Å²) in [6, 6.07) is 14.3. The number of para-hydroxylation sites is 1. The third-order valence-corrected chi connectivity index (χ3v) is 3.51. The quantitative estimate of drug-likeness (QED) is 0.809. The van der Waals surface area contributed by atoms with Crippen molar-refractivity contribution in [3.8, 4) is 11.5 Å². The van der Waals surface area contributed by atoms with E-state index >= 15 is 0 Å². The summed E-state index contributed by atoms with van der Waals surface area (Å²) in [6.45, 7) is 4.42. The van der Waals surface area contributed by atoms with Gasteiger partial charge in [-0.1, -0.05) is 30.7 Å². The van der Waals surface area contributed by atoms with Crippen LogP contribution < -0.4 is 14.8 Å². The molecule has 0 bridgehead atoms. The smallest absolute Gasteiger partial charge is 0.265 e. The molecule has 1 N–H and O–H groups in total. The molecule has 0 aliphatic heterocycles. The van der Waals surface area contributed by atoms with Gasteiger partial charge in [-0.2, -0.15) is 0 Å². The third-order valence-electron chi connectivity index (χ3n) is 3.20. The lowest BCUT2D eigenvalue weighted by atomic mass is 10.2. The topological polar surface area (TPSA) is 47.6 Å². The van der Waals surface area contributed by atoms with Crippen LogP contribution in [-0.2, 0) is 4.79 Å². The predicted molar refractivity (Wildman–Crippen MR) is 92.4 cm³/mol. The number of halogens is 1. The van der Waals surface area contributed by atoms with Gasteiger partial charge in [0.15, 0.2) is 6.10 Å². The van der Waals surface area contributed by atoms with Gasteiger partial charge in [0, 0.05) is 5.69 Å². The second-order valence-corrected chi connectivity index (χ2v) is 5.30. The van der Waals surface area contributed by atoms with Crippen molar-refractivity contribution in [3.05, 3.63) is 53.6 Å². The lowest BCUT2D eigenvalue weighted by molar-refractivity contribution is -0.122. The molecule has 0 radical (unpaired) electrons. The van der Waals surface area contributed by atoms with E-state index in [1.165, 1.54) is 0 Å². The highest BCUT2D eigenvalue weighted by atomic mass is 35.5. The van der Waals surface area contributed by atoms with Gasteiger partial charge in [0.2, 0.25) is 0 Å². The molecule has 0 aromatic heterocycles. The average Bonchev–Trinajstić information content (AvgIpc) is 2.56. The predicted octanol–water partition coefficient (Wildman–Crippen LogP) is 4.53. The van der Waals surface area contributed by atoms with Crippen molar-refractivity contribution in [2.24, 2.45) is 0 Å². The van der Waals surface area contributed by atoms with Crippen LogP contribution in [0.5, 0.6) is 11.5 Å². The van der Waals surface area contributed by atoms with E-state index in [1.54, 1.807) is 24.3 Å². The summed E-state index contributed by atoms with van der Waals surface area (Å²) in [5.41, 5.74) is 0.694. The summed E-state index contributed by atoms with van der Waals surface area (Å²) in [5.74, 6) is 1.06. The van der Waals surface area contributed by atoms with Crippen LogP contribution in [0, 0.1) is 0 Å². The fraction of sp³-hybridized carbons (Fsp3) is 0.278. The van der Waals surface area contributed by atoms with Crippen molar-refractivity contribution in [1.82, 2.24) is 0 Å². The van der Waals surface area contributed by atoms with Gasteiger partial charge >= 0.3 is 0 Å². The first-order valence-corrected chi connectivity index (χ1v) is 7.96. The number of benzene rings is 2. The molecule has 0 aliphatic carbocycles. The maximum atomic E-state index is 12.4. The van der Waals surface area contributed by atoms with Crippen LogP contribution in [0.1, 0.15) is 20.3 Å². The van der Waals surface area contributed by atoms with Gasteiger partial charge in [-0.3, -0.25) is 4.79 Å². The first-order valence-electron chi connectivity index (χ1n) is 7.59. The zero-order valence-electron chi connectivity index (χ0n) is 13.2. The minimum absolute atomic E-state index is 0.212. The zero-order valence-corrected chi connectivity index (χ0v) is 14.0. The Morgan fingerprint density at radius 2 is 1.83 bits per heavy atom. The van der Waals surface area contributed by atoms with E-state index in [9.17, 15) is 4.79 Å². The Balaban J connectivity index is 2.01. The number of hydrogen-bond acceptors (Lipinski definition) is 3. The van der Waals surface area contributed by atoms with Crippen LogP contribution >= 0.6 is 11.6 Å². The molecule has 0 unspecified atom stereocenters. The Labute approximate surface area is 141 Å². The Morgan fingerprint density at radius 3 is 2.43 bits per heavy atom. The molecular weight excluding hydrogens is 314 g/mol. The van der Waals surface area contributed by atoms with Gasteiger partial charge in [-0.25, -0.2) is 0 Å². The van der Waals surface area contributed by atoms with Gasteiger partial charge in [0.1, 0.15) is 11.5 Å². The fourth-order valence-electron chi connectivity index (χ4n) is 2.04. The molecule has 5 heteroatoms. The maximum absolute atomic E-state index is 12.4. The second kappa shape index (κ2) is 8.44. The second-order valence-electron chi connectivity index (χ2n) is 4.89. The van der Waals surface area contributed by atoms with E-state index in [1.807, 2.05) is 38.1 Å². The summed E-state index contributed by atoms with van der Waals surface area (Å²) < 4.78 is 11.1. The summed E-state index contributed by atoms with van der Waals surface area (Å²) in [5, 5.41) is 3.33. The van der Waals surface area contributed by atoms with E-state index in [0.717, 1.165) is 5.75 Å². The summed E-state index contributed by atoms with van der Waals surface area (Å²) in [7, 11) is 0. The molecule has 4 nitrogen and oxygen atoms in total. The van der Waals surface area contributed by atoms with E-state index in [-0.39, 0.29) is 5.91 Å². The number of amides is 1. The normalized spacial score (nSPS) is 11.6. The first kappa shape index (κ1) is 17.2. The molecule has 1 amide bonds. The van der Waals surface area contributed by atoms with Crippen molar-refractivity contribution in [2.45, 2.75) is 26.4 Å². The highest BCUT2D eigenvalue weighted by molar-refractivity contribution is 6.32. The molecule has 0 fully saturated rings. The molecule has 23 heavy (non-hydrogen) atoms. The van der Waals surface area contributed by atoms with Crippen LogP contribution in [0.3, 0.4) is 0 Å². The van der Waals surface area contributed by atoms with E-state index in [0.29, 0.717) is 29.5 Å². The molecule has 122 valence electrons. The number of nitrogens with one attached hydrogen (secondary N) is 1. The Kier molecular flexibility index (Phi) is 6.29. The average molecular weight is 334 g/mol. The van der Waals surface area contributed by atoms with Crippen LogP contribution in [-0.4, -0.2) is 18.6 Å². The number of hydrogen-bond donors (Lipinski definition) is 1. The van der Waals surface area contributed by atoms with Crippen molar-refractivity contribution in [1.29, 1.82) is 0 Å². The first-order chi connectivity index (χ1) is 11.1. The number of rotatable bonds is 7. The molecule has 0 heterocycles. The van der Waals surface area contributed by atoms with Crippen molar-refractivity contribution in [3.63, 3.8) is 0 Å². The van der Waals surface area contributed by atoms with Crippen molar-refractivity contribution < 1.29 is 14.3 Å². The monoisotopic (exact) mass is 333 g/mol. The summed E-state index contributed by atoms with van der Waals surface area (Å²) in [4.78, 5) is 12.4. The third kappa shape index (κ3) is 4.89. The highest BCUT2D eigenvalue weighted by Gasteiger charge is 2.19. The number of carbonyl (C=O) groups is 1.